The Morgan fingerprint density at radius 3 is 2.15 bits per heavy atom. The third kappa shape index (κ3) is 5.57. The van der Waals surface area contributed by atoms with E-state index in [0.29, 0.717) is 11.7 Å². The summed E-state index contributed by atoms with van der Waals surface area (Å²) in [7, 11) is 0. The standard InChI is InChI=1S/C31H24BrN5OS/c32-24-17-15-21(16-18-24)19-37-26-14-8-7-13-25(26)29-30(37)34-31(36-35-29)39-20-27(38)33-28(22-9-3-1-4-10-22)23-11-5-2-6-12-23/h1-18,28H,19-20H2,(H,33,38). The molecule has 0 atom stereocenters. The highest BCUT2D eigenvalue weighted by Gasteiger charge is 2.19. The first-order valence-electron chi connectivity index (χ1n) is 12.5. The van der Waals surface area contributed by atoms with Crippen LogP contribution >= 0.6 is 27.7 Å². The predicted molar refractivity (Wildman–Crippen MR) is 160 cm³/mol. The first-order chi connectivity index (χ1) is 19.2. The van der Waals surface area contributed by atoms with Crippen molar-refractivity contribution in [2.75, 3.05) is 5.75 Å². The summed E-state index contributed by atoms with van der Waals surface area (Å²) in [6.07, 6.45) is 0. The van der Waals surface area contributed by atoms with E-state index in [1.165, 1.54) is 11.8 Å². The maximum absolute atomic E-state index is 13.1. The summed E-state index contributed by atoms with van der Waals surface area (Å²) in [5.74, 6) is 0.0767. The van der Waals surface area contributed by atoms with Crippen molar-refractivity contribution < 1.29 is 4.79 Å². The van der Waals surface area contributed by atoms with Crippen LogP contribution in [0.3, 0.4) is 0 Å². The minimum absolute atomic E-state index is 0.100. The SMILES string of the molecule is O=C(CSc1nnc2c3ccccc3n(Cc3ccc(Br)cc3)c2n1)NC(c1ccccc1)c1ccccc1. The molecule has 6 aromatic rings. The predicted octanol–water partition coefficient (Wildman–Crippen LogP) is 6.79. The van der Waals surface area contributed by atoms with Crippen molar-refractivity contribution in [1.29, 1.82) is 0 Å². The first-order valence-corrected chi connectivity index (χ1v) is 14.3. The second kappa shape index (κ2) is 11.4. The Kier molecular flexibility index (Phi) is 7.38. The Morgan fingerprint density at radius 1 is 0.821 bits per heavy atom. The number of nitrogens with zero attached hydrogens (tertiary/aromatic N) is 4. The number of para-hydroxylation sites is 1. The highest BCUT2D eigenvalue weighted by Crippen LogP contribution is 2.28. The third-order valence-electron chi connectivity index (χ3n) is 6.51. The molecule has 6 nitrogen and oxygen atoms in total. The number of nitrogens with one attached hydrogen (secondary N) is 1. The zero-order chi connectivity index (χ0) is 26.6. The van der Waals surface area contributed by atoms with Gasteiger partial charge in [0.25, 0.3) is 0 Å². The first kappa shape index (κ1) is 25.3. The summed E-state index contributed by atoms with van der Waals surface area (Å²) in [5, 5.41) is 13.5. The van der Waals surface area contributed by atoms with Crippen LogP contribution in [-0.2, 0) is 11.3 Å². The lowest BCUT2D eigenvalue weighted by Gasteiger charge is -2.19. The van der Waals surface area contributed by atoms with Crippen LogP contribution in [0, 0.1) is 0 Å². The summed E-state index contributed by atoms with van der Waals surface area (Å²) < 4.78 is 3.20. The van der Waals surface area contributed by atoms with Gasteiger partial charge in [-0.05, 0) is 34.9 Å². The van der Waals surface area contributed by atoms with Gasteiger partial charge in [-0.15, -0.1) is 10.2 Å². The smallest absolute Gasteiger partial charge is 0.231 e. The van der Waals surface area contributed by atoms with Gasteiger partial charge in [-0.3, -0.25) is 4.79 Å². The molecule has 0 bridgehead atoms. The van der Waals surface area contributed by atoms with Crippen molar-refractivity contribution >= 4 is 55.7 Å². The molecule has 4 aromatic carbocycles. The van der Waals surface area contributed by atoms with E-state index >= 15 is 0 Å². The number of carbonyl (C=O) groups excluding carboxylic acids is 1. The van der Waals surface area contributed by atoms with Crippen LogP contribution in [0.25, 0.3) is 22.1 Å². The summed E-state index contributed by atoms with van der Waals surface area (Å²) in [5.41, 5.74) is 5.76. The molecule has 192 valence electrons. The van der Waals surface area contributed by atoms with Gasteiger partial charge < -0.3 is 9.88 Å². The molecule has 0 aliphatic heterocycles. The minimum atomic E-state index is -0.240. The molecule has 0 aliphatic rings. The molecule has 0 radical (unpaired) electrons. The molecule has 39 heavy (non-hydrogen) atoms. The number of aromatic nitrogens is 4. The Labute approximate surface area is 238 Å². The molecule has 0 spiro atoms. The molecule has 1 N–H and O–H groups in total. The van der Waals surface area contributed by atoms with Crippen molar-refractivity contribution in [2.24, 2.45) is 0 Å². The van der Waals surface area contributed by atoms with E-state index in [4.69, 9.17) is 4.98 Å². The van der Waals surface area contributed by atoms with E-state index in [0.717, 1.165) is 43.2 Å². The van der Waals surface area contributed by atoms with Crippen LogP contribution in [0.5, 0.6) is 0 Å². The monoisotopic (exact) mass is 593 g/mol. The summed E-state index contributed by atoms with van der Waals surface area (Å²) in [6.45, 7) is 0.649. The van der Waals surface area contributed by atoms with Crippen LogP contribution in [0.4, 0.5) is 0 Å². The van der Waals surface area contributed by atoms with Crippen LogP contribution in [0.15, 0.2) is 119 Å². The van der Waals surface area contributed by atoms with Gasteiger partial charge in [-0.2, -0.15) is 0 Å². The van der Waals surface area contributed by atoms with Crippen molar-refractivity contribution in [2.45, 2.75) is 17.7 Å². The van der Waals surface area contributed by atoms with E-state index < -0.39 is 0 Å². The topological polar surface area (TPSA) is 72.7 Å². The largest absolute Gasteiger partial charge is 0.344 e. The van der Waals surface area contributed by atoms with Gasteiger partial charge in [0.15, 0.2) is 5.65 Å². The van der Waals surface area contributed by atoms with Gasteiger partial charge in [0.1, 0.15) is 5.52 Å². The fraction of sp³-hybridized carbons (Fsp3) is 0.0968. The Balaban J connectivity index is 1.25. The number of hydrogen-bond donors (Lipinski definition) is 1. The molecule has 6 rings (SSSR count). The highest BCUT2D eigenvalue weighted by molar-refractivity contribution is 9.10. The number of hydrogen-bond acceptors (Lipinski definition) is 5. The number of carbonyl (C=O) groups is 1. The molecular weight excluding hydrogens is 570 g/mol. The lowest BCUT2D eigenvalue weighted by molar-refractivity contribution is -0.119. The number of amides is 1. The van der Waals surface area contributed by atoms with Crippen LogP contribution < -0.4 is 5.32 Å². The zero-order valence-electron chi connectivity index (χ0n) is 20.9. The normalized spacial score (nSPS) is 11.3. The molecule has 0 aliphatic carbocycles. The molecule has 0 unspecified atom stereocenters. The van der Waals surface area contributed by atoms with Gasteiger partial charge in [0, 0.05) is 16.4 Å². The van der Waals surface area contributed by atoms with E-state index in [9.17, 15) is 4.79 Å². The van der Waals surface area contributed by atoms with Crippen molar-refractivity contribution in [3.05, 3.63) is 130 Å². The molecule has 0 fully saturated rings. The molecule has 1 amide bonds. The molecule has 2 heterocycles. The number of halogens is 1. The van der Waals surface area contributed by atoms with Crippen LogP contribution in [-0.4, -0.2) is 31.4 Å². The number of fused-ring (bicyclic) bond motifs is 3. The molecular formula is C31H24BrN5OS. The lowest BCUT2D eigenvalue weighted by Crippen LogP contribution is -2.30. The van der Waals surface area contributed by atoms with E-state index in [-0.39, 0.29) is 17.7 Å². The molecule has 2 aromatic heterocycles. The second-order valence-corrected chi connectivity index (χ2v) is 11.0. The molecule has 0 saturated heterocycles. The zero-order valence-corrected chi connectivity index (χ0v) is 23.3. The van der Waals surface area contributed by atoms with Gasteiger partial charge in [-0.25, -0.2) is 4.98 Å². The van der Waals surface area contributed by atoms with Gasteiger partial charge in [0.05, 0.1) is 17.3 Å². The molecule has 0 saturated carbocycles. The minimum Gasteiger partial charge on any atom is -0.344 e. The Bertz CT molecular complexity index is 1700. The average molecular weight is 595 g/mol. The van der Waals surface area contributed by atoms with Gasteiger partial charge >= 0.3 is 0 Å². The van der Waals surface area contributed by atoms with Gasteiger partial charge in [-0.1, -0.05) is 119 Å². The maximum atomic E-state index is 13.1. The lowest BCUT2D eigenvalue weighted by atomic mass is 9.99. The maximum Gasteiger partial charge on any atom is 0.231 e. The highest BCUT2D eigenvalue weighted by atomic mass is 79.9. The fourth-order valence-electron chi connectivity index (χ4n) is 4.67. The number of benzene rings is 4. The Hall–Kier alpha value is -4.01. The summed E-state index contributed by atoms with van der Waals surface area (Å²) in [6, 6.07) is 36.1. The van der Waals surface area contributed by atoms with Crippen LogP contribution in [0.1, 0.15) is 22.7 Å². The van der Waals surface area contributed by atoms with Crippen molar-refractivity contribution in [3.63, 3.8) is 0 Å². The van der Waals surface area contributed by atoms with E-state index in [2.05, 4.69) is 54.2 Å². The van der Waals surface area contributed by atoms with Crippen molar-refractivity contribution in [1.82, 2.24) is 25.1 Å². The van der Waals surface area contributed by atoms with E-state index in [1.54, 1.807) is 0 Å². The quantitative estimate of drug-likeness (QED) is 0.197. The average Bonchev–Trinajstić information content (AvgIpc) is 3.29. The molecule has 8 heteroatoms. The number of thioether (sulfide) groups is 1. The third-order valence-corrected chi connectivity index (χ3v) is 7.88. The summed E-state index contributed by atoms with van der Waals surface area (Å²) in [4.78, 5) is 18.0. The number of rotatable bonds is 8. The van der Waals surface area contributed by atoms with Gasteiger partial charge in [0.2, 0.25) is 11.1 Å². The Morgan fingerprint density at radius 2 is 1.46 bits per heavy atom. The second-order valence-electron chi connectivity index (χ2n) is 9.11. The van der Waals surface area contributed by atoms with Crippen LogP contribution in [0.2, 0.25) is 0 Å². The summed E-state index contributed by atoms with van der Waals surface area (Å²) >= 11 is 4.80. The van der Waals surface area contributed by atoms with Crippen molar-refractivity contribution in [3.8, 4) is 0 Å². The fourth-order valence-corrected chi connectivity index (χ4v) is 5.52. The van der Waals surface area contributed by atoms with E-state index in [1.807, 2.05) is 91.0 Å².